The van der Waals surface area contributed by atoms with E-state index >= 15 is 0 Å². The summed E-state index contributed by atoms with van der Waals surface area (Å²) in [5.41, 5.74) is 1.03. The molecule has 0 unspecified atom stereocenters. The number of aromatic hydroxyl groups is 1. The number of carbonyl (C=O) groups is 1. The van der Waals surface area contributed by atoms with Gasteiger partial charge < -0.3 is 9.90 Å². The molecule has 2 rings (SSSR count). The number of hydrogen-bond donors (Lipinski definition) is 1. The van der Waals surface area contributed by atoms with Crippen LogP contribution in [0.5, 0.6) is 5.75 Å². The van der Waals surface area contributed by atoms with Crippen LogP contribution in [0.3, 0.4) is 0 Å². The molecule has 1 saturated carbocycles. The van der Waals surface area contributed by atoms with E-state index in [0.29, 0.717) is 0 Å². The van der Waals surface area contributed by atoms with E-state index < -0.39 is 0 Å². The molecule has 14 heavy (non-hydrogen) atoms. The third kappa shape index (κ3) is 1.65. The van der Waals surface area contributed by atoms with E-state index in [1.807, 2.05) is 12.1 Å². The van der Waals surface area contributed by atoms with E-state index in [1.165, 1.54) is 0 Å². The van der Waals surface area contributed by atoms with Crippen LogP contribution in [-0.4, -0.2) is 11.4 Å². The third-order valence-electron chi connectivity index (χ3n) is 3.09. The zero-order chi connectivity index (χ0) is 10.0. The number of hydrogen-bond acceptors (Lipinski definition) is 2. The van der Waals surface area contributed by atoms with Crippen molar-refractivity contribution >= 4 is 6.29 Å². The predicted octanol–water partition coefficient (Wildman–Crippen LogP) is 2.30. The van der Waals surface area contributed by atoms with Gasteiger partial charge >= 0.3 is 0 Å². The van der Waals surface area contributed by atoms with Crippen LogP contribution in [0, 0.1) is 5.41 Å². The highest BCUT2D eigenvalue weighted by Crippen LogP contribution is 2.41. The third-order valence-corrected chi connectivity index (χ3v) is 3.09. The molecule has 0 bridgehead atoms. The van der Waals surface area contributed by atoms with E-state index in [1.54, 1.807) is 12.1 Å². The van der Waals surface area contributed by atoms with Crippen molar-refractivity contribution in [1.29, 1.82) is 0 Å². The first-order valence-electron chi connectivity index (χ1n) is 4.98. The molecule has 1 N–H and O–H groups in total. The second-order valence-corrected chi connectivity index (χ2v) is 4.18. The van der Waals surface area contributed by atoms with Crippen molar-refractivity contribution < 1.29 is 9.90 Å². The standard InChI is InChI=1S/C12H14O2/c13-9-12(6-1-7-12)8-10-2-4-11(14)5-3-10/h2-5,9,14H,1,6-8H2. The Morgan fingerprint density at radius 3 is 2.36 bits per heavy atom. The summed E-state index contributed by atoms with van der Waals surface area (Å²) in [7, 11) is 0. The second kappa shape index (κ2) is 3.45. The van der Waals surface area contributed by atoms with Gasteiger partial charge in [0.05, 0.1) is 0 Å². The molecular weight excluding hydrogens is 176 g/mol. The van der Waals surface area contributed by atoms with Crippen molar-refractivity contribution in [3.05, 3.63) is 29.8 Å². The minimum absolute atomic E-state index is 0.100. The summed E-state index contributed by atoms with van der Waals surface area (Å²) in [5.74, 6) is 0.280. The molecule has 1 aliphatic carbocycles. The monoisotopic (exact) mass is 190 g/mol. The van der Waals surface area contributed by atoms with Crippen molar-refractivity contribution in [2.45, 2.75) is 25.7 Å². The normalized spacial score (nSPS) is 18.6. The van der Waals surface area contributed by atoms with Gasteiger partial charge in [-0.1, -0.05) is 18.6 Å². The average Bonchev–Trinajstić information content (AvgIpc) is 2.15. The van der Waals surface area contributed by atoms with E-state index in [4.69, 9.17) is 5.11 Å². The highest BCUT2D eigenvalue weighted by Gasteiger charge is 2.36. The zero-order valence-corrected chi connectivity index (χ0v) is 8.07. The first-order valence-corrected chi connectivity index (χ1v) is 4.98. The minimum Gasteiger partial charge on any atom is -0.508 e. The topological polar surface area (TPSA) is 37.3 Å². The fraction of sp³-hybridized carbons (Fsp3) is 0.417. The lowest BCUT2D eigenvalue weighted by molar-refractivity contribution is -0.120. The Labute approximate surface area is 83.6 Å². The number of carbonyl (C=O) groups excluding carboxylic acids is 1. The summed E-state index contributed by atoms with van der Waals surface area (Å²) >= 11 is 0. The van der Waals surface area contributed by atoms with Crippen LogP contribution in [0.25, 0.3) is 0 Å². The lowest BCUT2D eigenvalue weighted by Crippen LogP contribution is -2.33. The largest absolute Gasteiger partial charge is 0.508 e. The Morgan fingerprint density at radius 2 is 1.93 bits per heavy atom. The smallest absolute Gasteiger partial charge is 0.126 e. The van der Waals surface area contributed by atoms with E-state index in [2.05, 4.69) is 0 Å². The van der Waals surface area contributed by atoms with Gasteiger partial charge in [0.25, 0.3) is 0 Å². The first kappa shape index (κ1) is 9.25. The highest BCUT2D eigenvalue weighted by atomic mass is 16.3. The summed E-state index contributed by atoms with van der Waals surface area (Å²) in [4.78, 5) is 10.9. The number of aldehydes is 1. The maximum Gasteiger partial charge on any atom is 0.126 e. The molecule has 2 heteroatoms. The van der Waals surface area contributed by atoms with Crippen molar-refractivity contribution in [2.75, 3.05) is 0 Å². The quantitative estimate of drug-likeness (QED) is 0.742. The maximum atomic E-state index is 10.9. The Balaban J connectivity index is 2.10. The summed E-state index contributed by atoms with van der Waals surface area (Å²) in [6.45, 7) is 0. The van der Waals surface area contributed by atoms with Gasteiger partial charge in [0.15, 0.2) is 0 Å². The molecule has 0 radical (unpaired) electrons. The fourth-order valence-corrected chi connectivity index (χ4v) is 1.99. The van der Waals surface area contributed by atoms with E-state index in [9.17, 15) is 4.79 Å². The first-order chi connectivity index (χ1) is 6.74. The molecular formula is C12H14O2. The molecule has 2 nitrogen and oxygen atoms in total. The van der Waals surface area contributed by atoms with Gasteiger partial charge in [0, 0.05) is 5.41 Å². The Kier molecular flexibility index (Phi) is 2.28. The number of phenolic OH excluding ortho intramolecular Hbond substituents is 1. The summed E-state index contributed by atoms with van der Waals surface area (Å²) in [6, 6.07) is 7.12. The van der Waals surface area contributed by atoms with Gasteiger partial charge in [0.2, 0.25) is 0 Å². The van der Waals surface area contributed by atoms with Crippen LogP contribution in [-0.2, 0) is 11.2 Å². The Bertz CT molecular complexity index is 323. The molecule has 1 aromatic rings. The van der Waals surface area contributed by atoms with Crippen LogP contribution >= 0.6 is 0 Å². The Morgan fingerprint density at radius 1 is 1.29 bits per heavy atom. The van der Waals surface area contributed by atoms with Gasteiger partial charge in [0.1, 0.15) is 12.0 Å². The zero-order valence-electron chi connectivity index (χ0n) is 8.07. The van der Waals surface area contributed by atoms with Crippen molar-refractivity contribution in [2.24, 2.45) is 5.41 Å². The summed E-state index contributed by atoms with van der Waals surface area (Å²) in [5, 5.41) is 9.11. The summed E-state index contributed by atoms with van der Waals surface area (Å²) < 4.78 is 0. The van der Waals surface area contributed by atoms with Crippen LogP contribution in [0.2, 0.25) is 0 Å². The van der Waals surface area contributed by atoms with Gasteiger partial charge in [-0.25, -0.2) is 0 Å². The van der Waals surface area contributed by atoms with Crippen LogP contribution < -0.4 is 0 Å². The van der Waals surface area contributed by atoms with Gasteiger partial charge in [-0.2, -0.15) is 0 Å². The van der Waals surface area contributed by atoms with Crippen molar-refractivity contribution in [1.82, 2.24) is 0 Å². The SMILES string of the molecule is O=CC1(Cc2ccc(O)cc2)CCC1. The second-order valence-electron chi connectivity index (χ2n) is 4.18. The van der Waals surface area contributed by atoms with E-state index in [-0.39, 0.29) is 11.2 Å². The van der Waals surface area contributed by atoms with Crippen LogP contribution in [0.15, 0.2) is 24.3 Å². The number of rotatable bonds is 3. The molecule has 0 saturated heterocycles. The molecule has 0 aromatic heterocycles. The molecule has 0 spiro atoms. The van der Waals surface area contributed by atoms with Crippen LogP contribution in [0.4, 0.5) is 0 Å². The van der Waals surface area contributed by atoms with E-state index in [0.717, 1.165) is 37.5 Å². The molecule has 0 aliphatic heterocycles. The maximum absolute atomic E-state index is 10.9. The number of benzene rings is 1. The number of phenols is 1. The summed E-state index contributed by atoms with van der Waals surface area (Å²) in [6.07, 6.45) is 5.10. The molecule has 1 aliphatic rings. The van der Waals surface area contributed by atoms with Crippen molar-refractivity contribution in [3.8, 4) is 5.75 Å². The van der Waals surface area contributed by atoms with Crippen molar-refractivity contribution in [3.63, 3.8) is 0 Å². The lowest BCUT2D eigenvalue weighted by atomic mass is 9.66. The molecule has 0 heterocycles. The Hall–Kier alpha value is -1.31. The van der Waals surface area contributed by atoms with Crippen LogP contribution in [0.1, 0.15) is 24.8 Å². The predicted molar refractivity (Wildman–Crippen MR) is 54.2 cm³/mol. The fourth-order valence-electron chi connectivity index (χ4n) is 1.99. The van der Waals surface area contributed by atoms with Gasteiger partial charge in [-0.3, -0.25) is 0 Å². The van der Waals surface area contributed by atoms with Gasteiger partial charge in [-0.05, 0) is 37.0 Å². The minimum atomic E-state index is -0.100. The van der Waals surface area contributed by atoms with Gasteiger partial charge in [-0.15, -0.1) is 0 Å². The average molecular weight is 190 g/mol. The molecule has 0 atom stereocenters. The molecule has 0 amide bonds. The highest BCUT2D eigenvalue weighted by molar-refractivity contribution is 5.61. The molecule has 74 valence electrons. The molecule has 1 aromatic carbocycles. The lowest BCUT2D eigenvalue weighted by Gasteiger charge is -2.36. The molecule has 1 fully saturated rings.